The summed E-state index contributed by atoms with van der Waals surface area (Å²) in [7, 11) is 1.97. The fraction of sp³-hybridized carbons (Fsp3) is 0.286. The standard InChI is InChI=1S/C21H24N2OS/c1-15-12-20(24-13-17-7-5-4-6-8-17)16(2)11-18(15)19-14-25-21(23-19)9-10-22-3/h4-8,11-12,14,22H,9-10,13H2,1-3H3. The quantitative estimate of drug-likeness (QED) is 0.665. The van der Waals surface area contributed by atoms with E-state index in [0.717, 1.165) is 30.0 Å². The molecular formula is C21H24N2OS. The van der Waals surface area contributed by atoms with Gasteiger partial charge in [-0.3, -0.25) is 0 Å². The highest BCUT2D eigenvalue weighted by molar-refractivity contribution is 7.09. The van der Waals surface area contributed by atoms with Crippen LogP contribution in [0.1, 0.15) is 21.7 Å². The van der Waals surface area contributed by atoms with Crippen molar-refractivity contribution < 1.29 is 4.74 Å². The van der Waals surface area contributed by atoms with Crippen molar-refractivity contribution in [3.63, 3.8) is 0 Å². The summed E-state index contributed by atoms with van der Waals surface area (Å²) in [4.78, 5) is 4.78. The number of hydrogen-bond donors (Lipinski definition) is 1. The van der Waals surface area contributed by atoms with Gasteiger partial charge in [0.2, 0.25) is 0 Å². The van der Waals surface area contributed by atoms with Crippen LogP contribution in [0.2, 0.25) is 0 Å². The molecule has 0 fully saturated rings. The van der Waals surface area contributed by atoms with Gasteiger partial charge in [-0.2, -0.15) is 0 Å². The van der Waals surface area contributed by atoms with Gasteiger partial charge >= 0.3 is 0 Å². The van der Waals surface area contributed by atoms with Crippen molar-refractivity contribution in [2.45, 2.75) is 26.9 Å². The molecule has 3 aromatic rings. The molecule has 3 nitrogen and oxygen atoms in total. The Kier molecular flexibility index (Phi) is 5.84. The van der Waals surface area contributed by atoms with E-state index in [0.29, 0.717) is 6.61 Å². The molecule has 1 aromatic heterocycles. The van der Waals surface area contributed by atoms with Crippen molar-refractivity contribution in [2.75, 3.05) is 13.6 Å². The van der Waals surface area contributed by atoms with Crippen LogP contribution in [-0.4, -0.2) is 18.6 Å². The van der Waals surface area contributed by atoms with Gasteiger partial charge in [0.05, 0.1) is 10.7 Å². The van der Waals surface area contributed by atoms with Gasteiger partial charge in [-0.1, -0.05) is 30.3 Å². The summed E-state index contributed by atoms with van der Waals surface area (Å²) in [6.45, 7) is 5.76. The fourth-order valence-electron chi connectivity index (χ4n) is 2.74. The number of thiazole rings is 1. The van der Waals surface area contributed by atoms with E-state index in [9.17, 15) is 0 Å². The van der Waals surface area contributed by atoms with Crippen LogP contribution in [0, 0.1) is 13.8 Å². The van der Waals surface area contributed by atoms with Gasteiger partial charge in [0.1, 0.15) is 12.4 Å². The van der Waals surface area contributed by atoms with Gasteiger partial charge in [-0.25, -0.2) is 4.98 Å². The predicted octanol–water partition coefficient (Wildman–Crippen LogP) is 4.77. The molecular weight excluding hydrogens is 328 g/mol. The lowest BCUT2D eigenvalue weighted by molar-refractivity contribution is 0.304. The zero-order chi connectivity index (χ0) is 17.6. The van der Waals surface area contributed by atoms with Crippen molar-refractivity contribution in [2.24, 2.45) is 0 Å². The molecule has 0 aliphatic heterocycles. The van der Waals surface area contributed by atoms with Crippen molar-refractivity contribution in [1.82, 2.24) is 10.3 Å². The Labute approximate surface area is 153 Å². The van der Waals surface area contributed by atoms with E-state index in [1.165, 1.54) is 21.7 Å². The summed E-state index contributed by atoms with van der Waals surface area (Å²) in [6, 6.07) is 14.6. The second-order valence-electron chi connectivity index (χ2n) is 6.19. The average molecular weight is 353 g/mol. The van der Waals surface area contributed by atoms with Crippen molar-refractivity contribution in [3.8, 4) is 17.0 Å². The van der Waals surface area contributed by atoms with Gasteiger partial charge in [-0.05, 0) is 49.7 Å². The van der Waals surface area contributed by atoms with Gasteiger partial charge in [-0.15, -0.1) is 11.3 Å². The number of likely N-dealkylation sites (N-methyl/N-ethyl adjacent to an activating group) is 1. The topological polar surface area (TPSA) is 34.2 Å². The number of rotatable bonds is 7. The number of hydrogen-bond acceptors (Lipinski definition) is 4. The number of nitrogens with one attached hydrogen (secondary N) is 1. The highest BCUT2D eigenvalue weighted by atomic mass is 32.1. The number of aryl methyl sites for hydroxylation is 2. The Morgan fingerprint density at radius 3 is 2.64 bits per heavy atom. The molecule has 1 heterocycles. The van der Waals surface area contributed by atoms with Crippen LogP contribution in [0.25, 0.3) is 11.3 Å². The number of aromatic nitrogens is 1. The minimum absolute atomic E-state index is 0.589. The van der Waals surface area contributed by atoms with E-state index in [2.05, 4.69) is 48.8 Å². The SMILES string of the molecule is CNCCc1nc(-c2cc(C)c(OCc3ccccc3)cc2C)cs1. The second kappa shape index (κ2) is 8.28. The van der Waals surface area contributed by atoms with Gasteiger partial charge in [0.15, 0.2) is 0 Å². The van der Waals surface area contributed by atoms with E-state index < -0.39 is 0 Å². The lowest BCUT2D eigenvalue weighted by Crippen LogP contribution is -2.09. The minimum atomic E-state index is 0.589. The first kappa shape index (κ1) is 17.6. The van der Waals surface area contributed by atoms with Crippen molar-refractivity contribution in [3.05, 3.63) is 69.5 Å². The van der Waals surface area contributed by atoms with Crippen LogP contribution in [0.3, 0.4) is 0 Å². The largest absolute Gasteiger partial charge is 0.489 e. The molecule has 0 saturated heterocycles. The van der Waals surface area contributed by atoms with Crippen LogP contribution in [0.4, 0.5) is 0 Å². The summed E-state index contributed by atoms with van der Waals surface area (Å²) in [5, 5.41) is 6.49. The highest BCUT2D eigenvalue weighted by Gasteiger charge is 2.11. The molecule has 0 bridgehead atoms. The first-order valence-electron chi connectivity index (χ1n) is 8.54. The van der Waals surface area contributed by atoms with Crippen LogP contribution in [0.5, 0.6) is 5.75 Å². The zero-order valence-corrected chi connectivity index (χ0v) is 15.8. The molecule has 0 aliphatic rings. The molecule has 0 atom stereocenters. The molecule has 4 heteroatoms. The minimum Gasteiger partial charge on any atom is -0.489 e. The third-order valence-corrected chi connectivity index (χ3v) is 5.08. The van der Waals surface area contributed by atoms with E-state index >= 15 is 0 Å². The van der Waals surface area contributed by atoms with E-state index in [1.807, 2.05) is 25.2 Å². The number of benzene rings is 2. The summed E-state index contributed by atoms with van der Waals surface area (Å²) in [5.74, 6) is 0.940. The Morgan fingerprint density at radius 2 is 1.88 bits per heavy atom. The number of ether oxygens (including phenoxy) is 1. The first-order chi connectivity index (χ1) is 12.2. The summed E-state index contributed by atoms with van der Waals surface area (Å²) < 4.78 is 6.03. The highest BCUT2D eigenvalue weighted by Crippen LogP contribution is 2.31. The Balaban J connectivity index is 1.76. The second-order valence-corrected chi connectivity index (χ2v) is 7.13. The molecule has 0 amide bonds. The molecule has 3 rings (SSSR count). The van der Waals surface area contributed by atoms with Crippen molar-refractivity contribution in [1.29, 1.82) is 0 Å². The molecule has 0 radical (unpaired) electrons. The Morgan fingerprint density at radius 1 is 1.08 bits per heavy atom. The summed E-state index contributed by atoms with van der Waals surface area (Å²) in [5.41, 5.74) is 5.76. The van der Waals surface area contributed by atoms with Gasteiger partial charge in [0.25, 0.3) is 0 Å². The molecule has 130 valence electrons. The Hall–Kier alpha value is -2.17. The van der Waals surface area contributed by atoms with Crippen LogP contribution < -0.4 is 10.1 Å². The van der Waals surface area contributed by atoms with Crippen LogP contribution >= 0.6 is 11.3 Å². The normalized spacial score (nSPS) is 10.8. The Bertz CT molecular complexity index is 827. The summed E-state index contributed by atoms with van der Waals surface area (Å²) in [6.07, 6.45) is 0.970. The van der Waals surface area contributed by atoms with E-state index in [-0.39, 0.29) is 0 Å². The molecule has 0 unspecified atom stereocenters. The van der Waals surface area contributed by atoms with Crippen molar-refractivity contribution >= 4 is 11.3 Å². The maximum Gasteiger partial charge on any atom is 0.123 e. The maximum absolute atomic E-state index is 6.03. The maximum atomic E-state index is 6.03. The lowest BCUT2D eigenvalue weighted by atomic mass is 10.0. The molecule has 2 aromatic carbocycles. The summed E-state index contributed by atoms with van der Waals surface area (Å²) >= 11 is 1.73. The van der Waals surface area contributed by atoms with Gasteiger partial charge < -0.3 is 10.1 Å². The monoisotopic (exact) mass is 352 g/mol. The lowest BCUT2D eigenvalue weighted by Gasteiger charge is -2.13. The van der Waals surface area contributed by atoms with Gasteiger partial charge in [0, 0.05) is 23.9 Å². The predicted molar refractivity (Wildman–Crippen MR) is 105 cm³/mol. The molecule has 0 aliphatic carbocycles. The first-order valence-corrected chi connectivity index (χ1v) is 9.42. The average Bonchev–Trinajstić information content (AvgIpc) is 3.10. The zero-order valence-electron chi connectivity index (χ0n) is 15.0. The molecule has 25 heavy (non-hydrogen) atoms. The van der Waals surface area contributed by atoms with E-state index in [4.69, 9.17) is 9.72 Å². The third-order valence-electron chi connectivity index (χ3n) is 4.18. The van der Waals surface area contributed by atoms with E-state index in [1.54, 1.807) is 11.3 Å². The smallest absolute Gasteiger partial charge is 0.123 e. The number of nitrogens with zero attached hydrogens (tertiary/aromatic N) is 1. The molecule has 1 N–H and O–H groups in total. The van der Waals surface area contributed by atoms with Crippen LogP contribution in [-0.2, 0) is 13.0 Å². The van der Waals surface area contributed by atoms with Crippen LogP contribution in [0.15, 0.2) is 47.8 Å². The fourth-order valence-corrected chi connectivity index (χ4v) is 3.54. The molecule has 0 saturated carbocycles. The molecule has 0 spiro atoms. The third kappa shape index (κ3) is 4.47.